The van der Waals surface area contributed by atoms with Crippen LogP contribution in [0.3, 0.4) is 0 Å². The number of benzene rings is 1. The summed E-state index contributed by atoms with van der Waals surface area (Å²) in [6, 6.07) is 10.6. The van der Waals surface area contributed by atoms with Crippen LogP contribution in [-0.4, -0.2) is 27.5 Å². The molecule has 0 aliphatic carbocycles. The Morgan fingerprint density at radius 2 is 1.72 bits per heavy atom. The van der Waals surface area contributed by atoms with Crippen LogP contribution in [0.25, 0.3) is 0 Å². The fourth-order valence-electron chi connectivity index (χ4n) is 2.44. The molecule has 0 aliphatic rings. The average Bonchev–Trinajstić information content (AvgIpc) is 2.63. The zero-order chi connectivity index (χ0) is 18.2. The van der Waals surface area contributed by atoms with E-state index in [0.717, 1.165) is 11.7 Å². The average molecular weight is 407 g/mol. The van der Waals surface area contributed by atoms with Gasteiger partial charge in [-0.05, 0) is 0 Å². The van der Waals surface area contributed by atoms with Crippen molar-refractivity contribution in [3.05, 3.63) is 54.1 Å². The van der Waals surface area contributed by atoms with Crippen LogP contribution in [0, 0.1) is 0 Å². The third-order valence-corrected chi connectivity index (χ3v) is 6.11. The Hall–Kier alpha value is -1.31. The van der Waals surface area contributed by atoms with Crippen LogP contribution >= 0.6 is 0 Å². The zero-order valence-electron chi connectivity index (χ0n) is 15.7. The van der Waals surface area contributed by atoms with E-state index in [9.17, 15) is 4.79 Å². The van der Waals surface area contributed by atoms with E-state index in [1.165, 1.54) is 48.6 Å². The molecule has 2 nitrogen and oxygen atoms in total. The van der Waals surface area contributed by atoms with Gasteiger partial charge in [-0.25, -0.2) is 0 Å². The first-order chi connectivity index (χ1) is 12.3. The van der Waals surface area contributed by atoms with Gasteiger partial charge in [0.05, 0.1) is 0 Å². The van der Waals surface area contributed by atoms with Crippen LogP contribution < -0.4 is 4.46 Å². The zero-order valence-corrected chi connectivity index (χ0v) is 17.4. The van der Waals surface area contributed by atoms with Crippen molar-refractivity contribution in [3.63, 3.8) is 0 Å². The summed E-state index contributed by atoms with van der Waals surface area (Å²) in [7, 11) is 0. The maximum absolute atomic E-state index is 11.6. The molecule has 3 heteroatoms. The van der Waals surface area contributed by atoms with Crippen LogP contribution in [0.1, 0.15) is 58.8 Å². The predicted octanol–water partition coefficient (Wildman–Crippen LogP) is 5.23. The van der Waals surface area contributed by atoms with E-state index in [1.807, 2.05) is 13.0 Å². The topological polar surface area (TPSA) is 26.3 Å². The number of hydrogen-bond acceptors (Lipinski definition) is 2. The van der Waals surface area contributed by atoms with E-state index in [4.69, 9.17) is 4.74 Å². The van der Waals surface area contributed by atoms with Crippen LogP contribution in [0.15, 0.2) is 54.1 Å². The van der Waals surface area contributed by atoms with Crippen molar-refractivity contribution in [2.75, 3.05) is 6.61 Å². The Kier molecular flexibility index (Phi) is 13.0. The monoisotopic (exact) mass is 408 g/mol. The van der Waals surface area contributed by atoms with Crippen molar-refractivity contribution in [1.82, 2.24) is 0 Å². The Bertz CT molecular complexity index is 520. The van der Waals surface area contributed by atoms with Gasteiger partial charge in [-0.3, -0.25) is 0 Å². The fraction of sp³-hybridized carbons (Fsp3) is 0.500. The molecule has 0 amide bonds. The SMILES string of the molecule is CCCCCCCC/C=C(\C=C/C(=O)OCC)C[Se]c1ccccc1. The van der Waals surface area contributed by atoms with Crippen LogP contribution in [0.2, 0.25) is 5.32 Å². The van der Waals surface area contributed by atoms with E-state index >= 15 is 0 Å². The maximum atomic E-state index is 11.6. The molecule has 0 radical (unpaired) electrons. The summed E-state index contributed by atoms with van der Waals surface area (Å²) in [5.41, 5.74) is 1.26. The van der Waals surface area contributed by atoms with Gasteiger partial charge in [0, 0.05) is 0 Å². The summed E-state index contributed by atoms with van der Waals surface area (Å²) < 4.78 is 6.38. The molecule has 0 N–H and O–H groups in total. The summed E-state index contributed by atoms with van der Waals surface area (Å²) in [5, 5.41) is 1.02. The molecular weight excluding hydrogens is 375 g/mol. The number of carbonyl (C=O) groups excluding carboxylic acids is 1. The van der Waals surface area contributed by atoms with Crippen LogP contribution in [0.4, 0.5) is 0 Å². The number of esters is 1. The van der Waals surface area contributed by atoms with Gasteiger partial charge < -0.3 is 0 Å². The second-order valence-corrected chi connectivity index (χ2v) is 8.22. The van der Waals surface area contributed by atoms with Gasteiger partial charge in [-0.1, -0.05) is 0 Å². The van der Waals surface area contributed by atoms with Gasteiger partial charge in [-0.2, -0.15) is 0 Å². The Morgan fingerprint density at radius 3 is 2.44 bits per heavy atom. The molecule has 0 atom stereocenters. The molecule has 0 saturated heterocycles. The van der Waals surface area contributed by atoms with Gasteiger partial charge in [0.2, 0.25) is 0 Å². The van der Waals surface area contributed by atoms with Crippen molar-refractivity contribution < 1.29 is 9.53 Å². The Morgan fingerprint density at radius 1 is 1.00 bits per heavy atom. The summed E-state index contributed by atoms with van der Waals surface area (Å²) in [6.07, 6.45) is 14.8. The molecule has 0 aromatic heterocycles. The molecule has 0 spiro atoms. The van der Waals surface area contributed by atoms with Crippen LogP contribution in [0.5, 0.6) is 0 Å². The molecular formula is C22H32O2Se. The minimum atomic E-state index is -0.250. The first kappa shape index (κ1) is 21.7. The second-order valence-electron chi connectivity index (χ2n) is 6.02. The van der Waals surface area contributed by atoms with E-state index < -0.39 is 0 Å². The summed E-state index contributed by atoms with van der Waals surface area (Å²) in [4.78, 5) is 11.6. The van der Waals surface area contributed by atoms with Gasteiger partial charge in [0.25, 0.3) is 0 Å². The first-order valence-corrected chi connectivity index (χ1v) is 11.5. The number of rotatable bonds is 13. The molecule has 0 fully saturated rings. The molecule has 0 heterocycles. The van der Waals surface area contributed by atoms with Gasteiger partial charge in [0.1, 0.15) is 0 Å². The minimum absolute atomic E-state index is 0.250. The van der Waals surface area contributed by atoms with E-state index in [-0.39, 0.29) is 5.97 Å². The second kappa shape index (κ2) is 15.0. The summed E-state index contributed by atoms with van der Waals surface area (Å²) in [6.45, 7) is 4.51. The molecule has 1 rings (SSSR count). The van der Waals surface area contributed by atoms with Crippen LogP contribution in [-0.2, 0) is 9.53 Å². The Labute approximate surface area is 159 Å². The first-order valence-electron chi connectivity index (χ1n) is 9.48. The van der Waals surface area contributed by atoms with Crippen molar-refractivity contribution in [3.8, 4) is 0 Å². The number of carbonyl (C=O) groups is 1. The van der Waals surface area contributed by atoms with E-state index in [1.54, 1.807) is 6.08 Å². The number of ether oxygens (including phenoxy) is 1. The van der Waals surface area contributed by atoms with Gasteiger partial charge in [0.15, 0.2) is 0 Å². The summed E-state index contributed by atoms with van der Waals surface area (Å²) >= 11 is 0.396. The third kappa shape index (κ3) is 11.8. The third-order valence-electron chi connectivity index (χ3n) is 3.83. The van der Waals surface area contributed by atoms with E-state index in [2.05, 4.69) is 43.3 Å². The Balaban J connectivity index is 2.48. The standard InChI is InChI=1S/C22H32O2Se/c1-3-5-6-7-8-9-11-14-20(17-18-22(23)24-4-2)19-25-21-15-12-10-13-16-21/h10,12-18H,3-9,11,19H2,1-2H3/b18-17-,20-14+. The molecule has 0 bridgehead atoms. The quantitative estimate of drug-likeness (QED) is 0.147. The van der Waals surface area contributed by atoms with Crippen molar-refractivity contribution in [1.29, 1.82) is 0 Å². The normalized spacial score (nSPS) is 11.8. The molecule has 1 aromatic carbocycles. The number of unbranched alkanes of at least 4 members (excludes halogenated alkanes) is 6. The number of allylic oxidation sites excluding steroid dienone is 3. The molecule has 0 unspecified atom stereocenters. The molecule has 0 aliphatic heterocycles. The van der Waals surface area contributed by atoms with Gasteiger partial charge in [-0.15, -0.1) is 0 Å². The van der Waals surface area contributed by atoms with Crippen molar-refractivity contribution >= 4 is 25.4 Å². The van der Waals surface area contributed by atoms with Gasteiger partial charge >= 0.3 is 160 Å². The number of hydrogen-bond donors (Lipinski definition) is 0. The van der Waals surface area contributed by atoms with E-state index in [0.29, 0.717) is 21.6 Å². The summed E-state index contributed by atoms with van der Waals surface area (Å²) in [5.74, 6) is -0.250. The van der Waals surface area contributed by atoms with Crippen molar-refractivity contribution in [2.24, 2.45) is 0 Å². The van der Waals surface area contributed by atoms with Crippen molar-refractivity contribution in [2.45, 2.75) is 64.1 Å². The molecule has 138 valence electrons. The predicted molar refractivity (Wildman–Crippen MR) is 108 cm³/mol. The molecule has 1 aromatic rings. The molecule has 0 saturated carbocycles. The molecule has 25 heavy (non-hydrogen) atoms. The fourth-order valence-corrected chi connectivity index (χ4v) is 4.32.